The molecular weight excluding hydrogens is 282 g/mol. The molecule has 1 aromatic rings. The maximum absolute atomic E-state index is 11.9. The number of benzene rings is 1. The summed E-state index contributed by atoms with van der Waals surface area (Å²) in [5, 5.41) is 4.97. The molecule has 1 aliphatic rings. The lowest BCUT2D eigenvalue weighted by molar-refractivity contribution is -0.121. The van der Waals surface area contributed by atoms with Crippen molar-refractivity contribution in [3.05, 3.63) is 24.3 Å². The molecule has 22 heavy (non-hydrogen) atoms. The highest BCUT2D eigenvalue weighted by atomic mass is 16.5. The van der Waals surface area contributed by atoms with Crippen molar-refractivity contribution in [2.24, 2.45) is 5.92 Å². The Balaban J connectivity index is 1.80. The van der Waals surface area contributed by atoms with Gasteiger partial charge in [0.25, 0.3) is 0 Å². The van der Waals surface area contributed by atoms with E-state index >= 15 is 0 Å². The Kier molecular flexibility index (Phi) is 5.77. The van der Waals surface area contributed by atoms with E-state index < -0.39 is 6.03 Å². The van der Waals surface area contributed by atoms with Crippen LogP contribution in [0.3, 0.4) is 0 Å². The van der Waals surface area contributed by atoms with Gasteiger partial charge in [-0.3, -0.25) is 15.0 Å². The SMILES string of the molecule is COc1ccccc1NC(=O)NC(=O)CN1CCC(C)CC1. The predicted octanol–water partition coefficient (Wildman–Crippen LogP) is 2.08. The predicted molar refractivity (Wildman–Crippen MR) is 85.0 cm³/mol. The fourth-order valence-electron chi connectivity index (χ4n) is 2.49. The van der Waals surface area contributed by atoms with E-state index in [4.69, 9.17) is 4.74 Å². The van der Waals surface area contributed by atoms with Crippen molar-refractivity contribution in [2.75, 3.05) is 32.1 Å². The molecule has 0 spiro atoms. The molecule has 0 aliphatic carbocycles. The normalized spacial score (nSPS) is 16.1. The third-order valence-electron chi connectivity index (χ3n) is 3.85. The van der Waals surface area contributed by atoms with Crippen LogP contribution < -0.4 is 15.4 Å². The summed E-state index contributed by atoms with van der Waals surface area (Å²) in [6.07, 6.45) is 2.20. The number of hydrogen-bond donors (Lipinski definition) is 2. The third-order valence-corrected chi connectivity index (χ3v) is 3.85. The smallest absolute Gasteiger partial charge is 0.326 e. The van der Waals surface area contributed by atoms with Gasteiger partial charge >= 0.3 is 6.03 Å². The highest BCUT2D eigenvalue weighted by molar-refractivity contribution is 6.02. The van der Waals surface area contributed by atoms with Crippen LogP contribution in [0.4, 0.5) is 10.5 Å². The van der Waals surface area contributed by atoms with Crippen LogP contribution in [0.2, 0.25) is 0 Å². The molecule has 6 nitrogen and oxygen atoms in total. The van der Waals surface area contributed by atoms with E-state index in [1.807, 2.05) is 6.07 Å². The van der Waals surface area contributed by atoms with Gasteiger partial charge in [-0.15, -0.1) is 0 Å². The molecule has 0 unspecified atom stereocenters. The van der Waals surface area contributed by atoms with Crippen molar-refractivity contribution in [2.45, 2.75) is 19.8 Å². The highest BCUT2D eigenvalue weighted by Crippen LogP contribution is 2.22. The maximum atomic E-state index is 11.9. The molecule has 1 saturated heterocycles. The first-order valence-corrected chi connectivity index (χ1v) is 7.54. The number of nitrogens with zero attached hydrogens (tertiary/aromatic N) is 1. The highest BCUT2D eigenvalue weighted by Gasteiger charge is 2.19. The average molecular weight is 305 g/mol. The van der Waals surface area contributed by atoms with Crippen molar-refractivity contribution in [1.29, 1.82) is 0 Å². The number of hydrogen-bond acceptors (Lipinski definition) is 4. The zero-order valence-corrected chi connectivity index (χ0v) is 13.1. The molecule has 1 fully saturated rings. The van der Waals surface area contributed by atoms with E-state index in [1.54, 1.807) is 18.2 Å². The van der Waals surface area contributed by atoms with Gasteiger partial charge in [0, 0.05) is 0 Å². The standard InChI is InChI=1S/C16H23N3O3/c1-12-7-9-19(10-8-12)11-15(20)18-16(21)17-13-5-3-4-6-14(13)22-2/h3-6,12H,7-11H2,1-2H3,(H2,17,18,20,21). The Morgan fingerprint density at radius 1 is 1.27 bits per heavy atom. The third kappa shape index (κ3) is 4.73. The summed E-state index contributed by atoms with van der Waals surface area (Å²) in [6.45, 7) is 4.29. The van der Waals surface area contributed by atoms with Crippen LogP contribution in [0.5, 0.6) is 5.75 Å². The van der Waals surface area contributed by atoms with Gasteiger partial charge in [-0.1, -0.05) is 19.1 Å². The summed E-state index contributed by atoms with van der Waals surface area (Å²) < 4.78 is 5.15. The van der Waals surface area contributed by atoms with Crippen LogP contribution in [-0.2, 0) is 4.79 Å². The molecule has 0 atom stereocenters. The van der Waals surface area contributed by atoms with Crippen molar-refractivity contribution in [3.63, 3.8) is 0 Å². The van der Waals surface area contributed by atoms with E-state index in [0.29, 0.717) is 17.4 Å². The molecule has 1 aromatic carbocycles. The Hall–Kier alpha value is -2.08. The van der Waals surface area contributed by atoms with Gasteiger partial charge in [0.1, 0.15) is 5.75 Å². The number of anilines is 1. The number of piperidine rings is 1. The minimum Gasteiger partial charge on any atom is -0.495 e. The largest absolute Gasteiger partial charge is 0.495 e. The number of amides is 3. The maximum Gasteiger partial charge on any atom is 0.326 e. The molecule has 120 valence electrons. The lowest BCUT2D eigenvalue weighted by Crippen LogP contribution is -2.44. The summed E-state index contributed by atoms with van der Waals surface area (Å²) in [7, 11) is 1.53. The Morgan fingerprint density at radius 3 is 2.64 bits per heavy atom. The van der Waals surface area contributed by atoms with E-state index in [2.05, 4.69) is 22.5 Å². The number of para-hydroxylation sites is 2. The fraction of sp³-hybridized carbons (Fsp3) is 0.500. The molecule has 2 N–H and O–H groups in total. The molecule has 1 heterocycles. The first kappa shape index (κ1) is 16.3. The van der Waals surface area contributed by atoms with Gasteiger partial charge in [0.2, 0.25) is 5.91 Å². The number of likely N-dealkylation sites (tertiary alicyclic amines) is 1. The molecule has 0 aromatic heterocycles. The summed E-state index contributed by atoms with van der Waals surface area (Å²) in [5.74, 6) is 0.977. The van der Waals surface area contributed by atoms with Crippen molar-refractivity contribution < 1.29 is 14.3 Å². The lowest BCUT2D eigenvalue weighted by Gasteiger charge is -2.29. The summed E-state index contributed by atoms with van der Waals surface area (Å²) in [4.78, 5) is 25.8. The topological polar surface area (TPSA) is 70.7 Å². The van der Waals surface area contributed by atoms with Crippen LogP contribution in [-0.4, -0.2) is 43.6 Å². The van der Waals surface area contributed by atoms with Crippen LogP contribution in [0.25, 0.3) is 0 Å². The first-order valence-electron chi connectivity index (χ1n) is 7.54. The molecule has 0 bridgehead atoms. The van der Waals surface area contributed by atoms with Crippen LogP contribution in [0.15, 0.2) is 24.3 Å². The quantitative estimate of drug-likeness (QED) is 0.893. The van der Waals surface area contributed by atoms with Crippen molar-refractivity contribution in [3.8, 4) is 5.75 Å². The second-order valence-corrected chi connectivity index (χ2v) is 5.66. The number of rotatable bonds is 4. The van der Waals surface area contributed by atoms with E-state index in [-0.39, 0.29) is 12.5 Å². The van der Waals surface area contributed by atoms with Crippen LogP contribution in [0.1, 0.15) is 19.8 Å². The van der Waals surface area contributed by atoms with Gasteiger partial charge in [-0.25, -0.2) is 4.79 Å². The van der Waals surface area contributed by atoms with Crippen molar-refractivity contribution in [1.82, 2.24) is 10.2 Å². The van der Waals surface area contributed by atoms with E-state index in [1.165, 1.54) is 7.11 Å². The average Bonchev–Trinajstić information content (AvgIpc) is 2.50. The minimum absolute atomic E-state index is 0.256. The number of ether oxygens (including phenoxy) is 1. The number of urea groups is 1. The Labute approximate surface area is 130 Å². The number of imide groups is 1. The molecule has 0 radical (unpaired) electrons. The molecule has 3 amide bonds. The number of nitrogens with one attached hydrogen (secondary N) is 2. The second-order valence-electron chi connectivity index (χ2n) is 5.66. The van der Waals surface area contributed by atoms with Gasteiger partial charge in [-0.2, -0.15) is 0 Å². The molecule has 2 rings (SSSR count). The molecule has 6 heteroatoms. The van der Waals surface area contributed by atoms with Gasteiger partial charge in [0.15, 0.2) is 0 Å². The van der Waals surface area contributed by atoms with E-state index in [9.17, 15) is 9.59 Å². The number of methoxy groups -OCH3 is 1. The monoisotopic (exact) mass is 305 g/mol. The van der Waals surface area contributed by atoms with Crippen LogP contribution >= 0.6 is 0 Å². The fourth-order valence-corrected chi connectivity index (χ4v) is 2.49. The van der Waals surface area contributed by atoms with E-state index in [0.717, 1.165) is 25.9 Å². The van der Waals surface area contributed by atoms with Gasteiger partial charge in [0.05, 0.1) is 19.3 Å². The first-order chi connectivity index (χ1) is 10.6. The number of carbonyl (C=O) groups excluding carboxylic acids is 2. The molecular formula is C16H23N3O3. The van der Waals surface area contributed by atoms with Crippen molar-refractivity contribution >= 4 is 17.6 Å². The Bertz CT molecular complexity index is 525. The minimum atomic E-state index is -0.542. The summed E-state index contributed by atoms with van der Waals surface area (Å²) in [5.41, 5.74) is 0.530. The Morgan fingerprint density at radius 2 is 1.95 bits per heavy atom. The second kappa shape index (κ2) is 7.79. The number of carbonyl (C=O) groups is 2. The molecule has 0 saturated carbocycles. The summed E-state index contributed by atoms with van der Waals surface area (Å²) in [6, 6.07) is 6.51. The zero-order valence-electron chi connectivity index (χ0n) is 13.1. The van der Waals surface area contributed by atoms with Gasteiger partial charge in [-0.05, 0) is 44.0 Å². The summed E-state index contributed by atoms with van der Waals surface area (Å²) >= 11 is 0. The lowest BCUT2D eigenvalue weighted by atomic mass is 9.99. The van der Waals surface area contributed by atoms with Crippen LogP contribution in [0, 0.1) is 5.92 Å². The zero-order chi connectivity index (χ0) is 15.9. The van der Waals surface area contributed by atoms with Gasteiger partial charge < -0.3 is 10.1 Å². The molecule has 1 aliphatic heterocycles.